The van der Waals surface area contributed by atoms with Crippen LogP contribution in [-0.2, 0) is 21.6 Å². The van der Waals surface area contributed by atoms with Crippen molar-refractivity contribution in [3.05, 3.63) is 34.4 Å². The minimum Gasteiger partial charge on any atom is -0.460 e. The molecule has 0 amide bonds. The number of anilines is 1. The first-order chi connectivity index (χ1) is 11.2. The zero-order valence-electron chi connectivity index (χ0n) is 14.7. The quantitative estimate of drug-likeness (QED) is 0.640. The van der Waals surface area contributed by atoms with E-state index in [2.05, 4.69) is 56.9 Å². The van der Waals surface area contributed by atoms with Crippen molar-refractivity contribution in [2.24, 2.45) is 0 Å². The summed E-state index contributed by atoms with van der Waals surface area (Å²) >= 11 is 2.55. The Morgan fingerprint density at radius 2 is 1.88 bits per heavy atom. The molecule has 1 aromatic carbocycles. The van der Waals surface area contributed by atoms with Gasteiger partial charge in [-0.2, -0.15) is 0 Å². The molecule has 1 aromatic heterocycles. The van der Waals surface area contributed by atoms with Gasteiger partial charge in [-0.3, -0.25) is 4.79 Å². The van der Waals surface area contributed by atoms with E-state index in [1.807, 2.05) is 0 Å². The van der Waals surface area contributed by atoms with Crippen molar-refractivity contribution < 1.29 is 9.53 Å². The van der Waals surface area contributed by atoms with Crippen LogP contribution in [0.1, 0.15) is 43.0 Å². The zero-order valence-corrected chi connectivity index (χ0v) is 16.3. The summed E-state index contributed by atoms with van der Waals surface area (Å²) in [7, 11) is 0. The molecule has 0 saturated carbocycles. The van der Waals surface area contributed by atoms with Crippen LogP contribution in [0.25, 0.3) is 0 Å². The van der Waals surface area contributed by atoms with Gasteiger partial charge in [0.25, 0.3) is 0 Å². The molecule has 0 bridgehead atoms. The Bertz CT molecular complexity index is 713. The predicted molar refractivity (Wildman–Crippen MR) is 99.5 cm³/mol. The third-order valence-electron chi connectivity index (χ3n) is 3.68. The van der Waals surface area contributed by atoms with Crippen molar-refractivity contribution in [3.8, 4) is 0 Å². The van der Waals surface area contributed by atoms with Crippen molar-refractivity contribution >= 4 is 34.2 Å². The van der Waals surface area contributed by atoms with Crippen LogP contribution < -0.4 is 5.73 Å². The number of ether oxygens (including phenoxy) is 1. The Hall–Kier alpha value is -1.60. The van der Waals surface area contributed by atoms with E-state index in [1.165, 1.54) is 28.7 Å². The first-order valence-electron chi connectivity index (χ1n) is 7.65. The fourth-order valence-electron chi connectivity index (χ4n) is 2.25. The number of nitrogen functional groups attached to an aromatic ring is 1. The normalized spacial score (nSPS) is 11.5. The maximum Gasteiger partial charge on any atom is 0.316 e. The smallest absolute Gasteiger partial charge is 0.316 e. The average molecular weight is 366 g/mol. The molecule has 5 nitrogen and oxygen atoms in total. The summed E-state index contributed by atoms with van der Waals surface area (Å²) in [6.07, 6.45) is 0. The minimum absolute atomic E-state index is 0.102. The maximum absolute atomic E-state index is 11.9. The minimum atomic E-state index is -0.271. The van der Waals surface area contributed by atoms with Gasteiger partial charge in [0.05, 0.1) is 5.75 Å². The number of benzene rings is 1. The standard InChI is InChI=1S/C17H23N3O2S2/c1-10-6-12(17(3,4)5)7-11(2)13(10)8-22-14(21)9-23-16-20-19-15(18)24-16/h6-7H,8-9H2,1-5H3,(H2,18,19). The molecule has 0 aliphatic carbocycles. The molecule has 0 spiro atoms. The predicted octanol–water partition coefficient (Wildman–Crippen LogP) is 3.87. The summed E-state index contributed by atoms with van der Waals surface area (Å²) in [5, 5.41) is 7.98. The van der Waals surface area contributed by atoms with Gasteiger partial charge in [0, 0.05) is 0 Å². The number of nitrogens with zero attached hydrogens (tertiary/aromatic N) is 2. The second kappa shape index (κ2) is 7.53. The number of nitrogens with two attached hydrogens (primary N) is 1. The number of rotatable bonds is 5. The largest absolute Gasteiger partial charge is 0.460 e. The fraction of sp³-hybridized carbons (Fsp3) is 0.471. The number of hydrogen-bond donors (Lipinski definition) is 1. The highest BCUT2D eigenvalue weighted by molar-refractivity contribution is 8.01. The van der Waals surface area contributed by atoms with E-state index >= 15 is 0 Å². The molecule has 0 fully saturated rings. The summed E-state index contributed by atoms with van der Waals surface area (Å²) in [6, 6.07) is 4.35. The molecule has 24 heavy (non-hydrogen) atoms. The van der Waals surface area contributed by atoms with Crippen LogP contribution >= 0.6 is 23.1 Å². The van der Waals surface area contributed by atoms with Gasteiger partial charge in [0.15, 0.2) is 4.34 Å². The lowest BCUT2D eigenvalue weighted by molar-refractivity contribution is -0.141. The van der Waals surface area contributed by atoms with Gasteiger partial charge in [-0.1, -0.05) is 56.0 Å². The maximum atomic E-state index is 11.9. The molecule has 0 saturated heterocycles. The number of hydrogen-bond acceptors (Lipinski definition) is 7. The second-order valence-corrected chi connectivity index (χ2v) is 8.93. The zero-order chi connectivity index (χ0) is 17.9. The fourth-order valence-corrected chi connectivity index (χ4v) is 3.68. The Morgan fingerprint density at radius 3 is 2.38 bits per heavy atom. The van der Waals surface area contributed by atoms with Gasteiger partial charge in [0.1, 0.15) is 6.61 Å². The van der Waals surface area contributed by atoms with E-state index in [0.717, 1.165) is 16.7 Å². The molecule has 0 radical (unpaired) electrons. The van der Waals surface area contributed by atoms with Crippen LogP contribution in [0.3, 0.4) is 0 Å². The Labute approximate surface area is 151 Å². The van der Waals surface area contributed by atoms with Gasteiger partial charge in [-0.25, -0.2) is 0 Å². The third-order valence-corrected chi connectivity index (χ3v) is 5.53. The lowest BCUT2D eigenvalue weighted by Gasteiger charge is -2.22. The van der Waals surface area contributed by atoms with Crippen LogP contribution in [0, 0.1) is 13.8 Å². The number of carbonyl (C=O) groups excluding carboxylic acids is 1. The van der Waals surface area contributed by atoms with E-state index in [9.17, 15) is 4.79 Å². The van der Waals surface area contributed by atoms with Gasteiger partial charge >= 0.3 is 5.97 Å². The van der Waals surface area contributed by atoms with Crippen LogP contribution in [0.4, 0.5) is 5.13 Å². The summed E-state index contributed by atoms with van der Waals surface area (Å²) in [6.45, 7) is 11.0. The molecule has 2 rings (SSSR count). The summed E-state index contributed by atoms with van der Waals surface area (Å²) < 4.78 is 6.08. The van der Waals surface area contributed by atoms with E-state index < -0.39 is 0 Å². The van der Waals surface area contributed by atoms with E-state index in [4.69, 9.17) is 10.5 Å². The Balaban J connectivity index is 1.95. The lowest BCUT2D eigenvalue weighted by atomic mass is 9.84. The van der Waals surface area contributed by atoms with Crippen molar-refractivity contribution in [2.75, 3.05) is 11.5 Å². The molecule has 0 aliphatic heterocycles. The molecule has 1 heterocycles. The molecular formula is C17H23N3O2S2. The molecule has 2 N–H and O–H groups in total. The molecule has 7 heteroatoms. The summed E-state index contributed by atoms with van der Waals surface area (Å²) in [5.74, 6) is -0.0697. The van der Waals surface area contributed by atoms with Crippen molar-refractivity contribution in [1.82, 2.24) is 10.2 Å². The Kier molecular flexibility index (Phi) is 5.87. The highest BCUT2D eigenvalue weighted by Crippen LogP contribution is 2.27. The number of esters is 1. The van der Waals surface area contributed by atoms with Crippen LogP contribution in [0.15, 0.2) is 16.5 Å². The van der Waals surface area contributed by atoms with E-state index in [0.29, 0.717) is 16.1 Å². The van der Waals surface area contributed by atoms with Gasteiger partial charge < -0.3 is 10.5 Å². The highest BCUT2D eigenvalue weighted by atomic mass is 32.2. The SMILES string of the molecule is Cc1cc(C(C)(C)C)cc(C)c1COC(=O)CSc1nnc(N)s1. The van der Waals surface area contributed by atoms with Crippen LogP contribution in [0.2, 0.25) is 0 Å². The van der Waals surface area contributed by atoms with E-state index in [-0.39, 0.29) is 17.1 Å². The van der Waals surface area contributed by atoms with Crippen LogP contribution in [0.5, 0.6) is 0 Å². The van der Waals surface area contributed by atoms with Crippen molar-refractivity contribution in [1.29, 1.82) is 0 Å². The van der Waals surface area contributed by atoms with Crippen molar-refractivity contribution in [3.63, 3.8) is 0 Å². The monoisotopic (exact) mass is 365 g/mol. The molecular weight excluding hydrogens is 342 g/mol. The number of carbonyl (C=O) groups is 1. The van der Waals surface area contributed by atoms with Crippen molar-refractivity contribution in [2.45, 2.75) is 51.0 Å². The summed E-state index contributed by atoms with van der Waals surface area (Å²) in [5.41, 5.74) is 10.3. The second-order valence-electron chi connectivity index (χ2n) is 6.69. The lowest BCUT2D eigenvalue weighted by Crippen LogP contribution is -2.14. The molecule has 2 aromatic rings. The van der Waals surface area contributed by atoms with E-state index in [1.54, 1.807) is 0 Å². The number of thioether (sulfide) groups is 1. The van der Waals surface area contributed by atoms with Gasteiger partial charge in [0.2, 0.25) is 5.13 Å². The van der Waals surface area contributed by atoms with Gasteiger partial charge in [-0.05, 0) is 41.5 Å². The summed E-state index contributed by atoms with van der Waals surface area (Å²) in [4.78, 5) is 11.9. The molecule has 130 valence electrons. The number of aryl methyl sites for hydroxylation is 2. The molecule has 0 atom stereocenters. The average Bonchev–Trinajstić information content (AvgIpc) is 2.88. The number of aromatic nitrogens is 2. The van der Waals surface area contributed by atoms with Crippen LogP contribution in [-0.4, -0.2) is 21.9 Å². The first kappa shape index (κ1) is 18.7. The Morgan fingerprint density at radius 1 is 1.25 bits per heavy atom. The topological polar surface area (TPSA) is 78.1 Å². The first-order valence-corrected chi connectivity index (χ1v) is 9.45. The van der Waals surface area contributed by atoms with Gasteiger partial charge in [-0.15, -0.1) is 10.2 Å². The molecule has 0 aliphatic rings. The highest BCUT2D eigenvalue weighted by Gasteiger charge is 2.17. The molecule has 0 unspecified atom stereocenters. The third kappa shape index (κ3) is 4.95.